The topological polar surface area (TPSA) is 82.1 Å². The number of benzene rings is 1. The van der Waals surface area contributed by atoms with Crippen molar-refractivity contribution in [2.45, 2.75) is 18.6 Å². The highest BCUT2D eigenvalue weighted by molar-refractivity contribution is 5.97. The largest absolute Gasteiger partial charge is 0.496 e. The fourth-order valence-electron chi connectivity index (χ4n) is 3.20. The monoisotopic (exact) mass is 319 g/mol. The van der Waals surface area contributed by atoms with E-state index in [0.717, 1.165) is 11.3 Å². The molecule has 3 rings (SSSR count). The molecule has 2 saturated heterocycles. The lowest BCUT2D eigenvalue weighted by Crippen LogP contribution is -2.69. The van der Waals surface area contributed by atoms with Crippen LogP contribution in [0.4, 0.5) is 0 Å². The van der Waals surface area contributed by atoms with Crippen LogP contribution in [0, 0.1) is 0 Å². The Bertz CT molecular complexity index is 607. The first-order valence-electron chi connectivity index (χ1n) is 7.70. The van der Waals surface area contributed by atoms with Gasteiger partial charge in [0.2, 0.25) is 11.8 Å². The predicted molar refractivity (Wildman–Crippen MR) is 82.8 cm³/mol. The van der Waals surface area contributed by atoms with Gasteiger partial charge in [-0.15, -0.1) is 0 Å². The molecule has 0 radical (unpaired) electrons. The molecule has 23 heavy (non-hydrogen) atoms. The minimum atomic E-state index is -0.806. The summed E-state index contributed by atoms with van der Waals surface area (Å²) in [6.07, 6.45) is 0. The number of aliphatic hydroxyl groups is 1. The second kappa shape index (κ2) is 6.55. The Morgan fingerprint density at radius 2 is 2.09 bits per heavy atom. The number of hydrogen-bond acceptors (Lipinski definition) is 5. The predicted octanol–water partition coefficient (Wildman–Crippen LogP) is -0.801. The van der Waals surface area contributed by atoms with Crippen LogP contribution in [0.2, 0.25) is 0 Å². The number of ether oxygens (including phenoxy) is 1. The standard InChI is InChI=1S/C16H21N3O4/c1-23-14-5-3-2-4-11(14)8-18-6-7-19-13(9-18)15(21)17-12(10-20)16(19)22/h2-5,12-13,20H,6-10H2,1H3,(H,17,21)/t12-,13+/m0/s1. The number of rotatable bonds is 4. The maximum absolute atomic E-state index is 12.2. The second-order valence-corrected chi connectivity index (χ2v) is 5.84. The summed E-state index contributed by atoms with van der Waals surface area (Å²) in [5.41, 5.74) is 1.05. The molecule has 2 fully saturated rings. The highest BCUT2D eigenvalue weighted by atomic mass is 16.5. The van der Waals surface area contributed by atoms with Gasteiger partial charge in [0.1, 0.15) is 17.8 Å². The molecule has 0 saturated carbocycles. The van der Waals surface area contributed by atoms with E-state index in [9.17, 15) is 14.7 Å². The molecule has 2 aliphatic heterocycles. The summed E-state index contributed by atoms with van der Waals surface area (Å²) in [6, 6.07) is 6.49. The van der Waals surface area contributed by atoms with Crippen LogP contribution in [0.5, 0.6) is 5.75 Å². The second-order valence-electron chi connectivity index (χ2n) is 5.84. The minimum Gasteiger partial charge on any atom is -0.496 e. The van der Waals surface area contributed by atoms with Crippen LogP contribution in [-0.2, 0) is 16.1 Å². The Morgan fingerprint density at radius 1 is 1.30 bits per heavy atom. The Morgan fingerprint density at radius 3 is 2.83 bits per heavy atom. The number of carbonyl (C=O) groups excluding carboxylic acids is 2. The molecule has 124 valence electrons. The van der Waals surface area contributed by atoms with Crippen LogP contribution < -0.4 is 10.1 Å². The van der Waals surface area contributed by atoms with Crippen LogP contribution in [0.15, 0.2) is 24.3 Å². The molecule has 0 spiro atoms. The zero-order chi connectivity index (χ0) is 16.4. The van der Waals surface area contributed by atoms with Crippen molar-refractivity contribution in [1.82, 2.24) is 15.1 Å². The van der Waals surface area contributed by atoms with E-state index in [2.05, 4.69) is 10.2 Å². The van der Waals surface area contributed by atoms with Crippen molar-refractivity contribution < 1.29 is 19.4 Å². The lowest BCUT2D eigenvalue weighted by Gasteiger charge is -2.45. The number of methoxy groups -OCH3 is 1. The third-order valence-electron chi connectivity index (χ3n) is 4.43. The third kappa shape index (κ3) is 3.02. The molecule has 2 aliphatic rings. The van der Waals surface area contributed by atoms with Gasteiger partial charge in [-0.3, -0.25) is 14.5 Å². The Hall–Kier alpha value is -2.12. The van der Waals surface area contributed by atoms with E-state index in [0.29, 0.717) is 26.2 Å². The van der Waals surface area contributed by atoms with Gasteiger partial charge >= 0.3 is 0 Å². The molecule has 7 nitrogen and oxygen atoms in total. The molecule has 0 bridgehead atoms. The van der Waals surface area contributed by atoms with E-state index in [1.54, 1.807) is 12.0 Å². The van der Waals surface area contributed by atoms with E-state index >= 15 is 0 Å². The van der Waals surface area contributed by atoms with E-state index in [-0.39, 0.29) is 18.4 Å². The first kappa shape index (κ1) is 15.8. The zero-order valence-corrected chi connectivity index (χ0v) is 13.1. The van der Waals surface area contributed by atoms with Gasteiger partial charge in [0, 0.05) is 31.7 Å². The van der Waals surface area contributed by atoms with E-state index < -0.39 is 12.1 Å². The van der Waals surface area contributed by atoms with Gasteiger partial charge in [0.15, 0.2) is 0 Å². The normalized spacial score (nSPS) is 25.0. The van der Waals surface area contributed by atoms with Gasteiger partial charge in [-0.1, -0.05) is 18.2 Å². The Labute approximate surface area is 134 Å². The fourth-order valence-corrected chi connectivity index (χ4v) is 3.20. The van der Waals surface area contributed by atoms with Gasteiger partial charge in [-0.25, -0.2) is 0 Å². The number of amides is 2. The fraction of sp³-hybridized carbons (Fsp3) is 0.500. The lowest BCUT2D eigenvalue weighted by atomic mass is 10.0. The molecule has 0 unspecified atom stereocenters. The summed E-state index contributed by atoms with van der Waals surface area (Å²) in [7, 11) is 1.64. The number of piperazine rings is 2. The summed E-state index contributed by atoms with van der Waals surface area (Å²) in [6.45, 7) is 1.96. The molecule has 2 atom stereocenters. The van der Waals surface area contributed by atoms with Gasteiger partial charge in [0.05, 0.1) is 13.7 Å². The average molecular weight is 319 g/mol. The smallest absolute Gasteiger partial charge is 0.248 e. The Kier molecular flexibility index (Phi) is 4.49. The SMILES string of the molecule is COc1ccccc1CN1CCN2C(=O)[C@H](CO)NC(=O)[C@H]2C1. The van der Waals surface area contributed by atoms with Gasteiger partial charge < -0.3 is 20.1 Å². The van der Waals surface area contributed by atoms with Crippen molar-refractivity contribution >= 4 is 11.8 Å². The van der Waals surface area contributed by atoms with Crippen LogP contribution in [0.1, 0.15) is 5.56 Å². The molecule has 1 aromatic rings. The van der Waals surface area contributed by atoms with Crippen molar-refractivity contribution in [2.24, 2.45) is 0 Å². The number of nitrogens with one attached hydrogen (secondary N) is 1. The zero-order valence-electron chi connectivity index (χ0n) is 13.1. The number of nitrogens with zero attached hydrogens (tertiary/aromatic N) is 2. The molecule has 0 aliphatic carbocycles. The lowest BCUT2D eigenvalue weighted by molar-refractivity contribution is -0.154. The maximum Gasteiger partial charge on any atom is 0.248 e. The van der Waals surface area contributed by atoms with E-state index in [1.807, 2.05) is 24.3 Å². The van der Waals surface area contributed by atoms with Gasteiger partial charge in [-0.05, 0) is 6.07 Å². The number of aliphatic hydroxyl groups excluding tert-OH is 1. The van der Waals surface area contributed by atoms with E-state index in [4.69, 9.17) is 4.74 Å². The highest BCUT2D eigenvalue weighted by Crippen LogP contribution is 2.22. The molecular weight excluding hydrogens is 298 g/mol. The molecule has 2 heterocycles. The van der Waals surface area contributed by atoms with Crippen LogP contribution in [-0.4, -0.2) is 72.2 Å². The summed E-state index contributed by atoms with van der Waals surface area (Å²) >= 11 is 0. The van der Waals surface area contributed by atoms with E-state index in [1.165, 1.54) is 0 Å². The first-order chi connectivity index (χ1) is 11.1. The third-order valence-corrected chi connectivity index (χ3v) is 4.43. The van der Waals surface area contributed by atoms with Gasteiger partial charge in [0.25, 0.3) is 0 Å². The highest BCUT2D eigenvalue weighted by Gasteiger charge is 2.43. The van der Waals surface area contributed by atoms with Crippen LogP contribution in [0.25, 0.3) is 0 Å². The molecule has 7 heteroatoms. The average Bonchev–Trinajstić information content (AvgIpc) is 2.58. The molecule has 2 N–H and O–H groups in total. The molecule has 2 amide bonds. The quantitative estimate of drug-likeness (QED) is 0.759. The minimum absolute atomic E-state index is 0.200. The summed E-state index contributed by atoms with van der Waals surface area (Å²) in [4.78, 5) is 28.1. The van der Waals surface area contributed by atoms with Crippen molar-refractivity contribution in [2.75, 3.05) is 33.4 Å². The molecular formula is C16H21N3O4. The molecule has 0 aromatic heterocycles. The summed E-state index contributed by atoms with van der Waals surface area (Å²) in [5, 5.41) is 11.8. The van der Waals surface area contributed by atoms with Gasteiger partial charge in [-0.2, -0.15) is 0 Å². The number of carbonyl (C=O) groups is 2. The summed E-state index contributed by atoms with van der Waals surface area (Å²) in [5.74, 6) is 0.418. The van der Waals surface area contributed by atoms with Crippen molar-refractivity contribution in [1.29, 1.82) is 0 Å². The number of para-hydroxylation sites is 1. The van der Waals surface area contributed by atoms with Crippen molar-refractivity contribution in [3.05, 3.63) is 29.8 Å². The van der Waals surface area contributed by atoms with Crippen molar-refractivity contribution in [3.63, 3.8) is 0 Å². The number of hydrogen-bond donors (Lipinski definition) is 2. The van der Waals surface area contributed by atoms with Crippen molar-refractivity contribution in [3.8, 4) is 5.75 Å². The first-order valence-corrected chi connectivity index (χ1v) is 7.70. The van der Waals surface area contributed by atoms with Crippen LogP contribution in [0.3, 0.4) is 0 Å². The Balaban J connectivity index is 1.70. The van der Waals surface area contributed by atoms with Crippen LogP contribution >= 0.6 is 0 Å². The summed E-state index contributed by atoms with van der Waals surface area (Å²) < 4.78 is 5.36. The number of fused-ring (bicyclic) bond motifs is 1. The maximum atomic E-state index is 12.2. The molecule has 1 aromatic carbocycles.